The second kappa shape index (κ2) is 10.2. The van der Waals surface area contributed by atoms with Gasteiger partial charge in [-0.05, 0) is 37.1 Å². The third-order valence-corrected chi connectivity index (χ3v) is 3.60. The molecule has 0 heterocycles. The average Bonchev–Trinajstić information content (AvgIpc) is 2.50. The predicted molar refractivity (Wildman–Crippen MR) is 85.1 cm³/mol. The van der Waals surface area contributed by atoms with E-state index in [1.807, 2.05) is 0 Å². The van der Waals surface area contributed by atoms with Crippen LogP contribution in [-0.2, 0) is 0 Å². The van der Waals surface area contributed by atoms with Gasteiger partial charge >= 0.3 is 5.97 Å². The minimum atomic E-state index is -0.930. The van der Waals surface area contributed by atoms with Crippen molar-refractivity contribution in [3.8, 4) is 5.75 Å². The molecule has 0 spiro atoms. The van der Waals surface area contributed by atoms with Crippen molar-refractivity contribution < 1.29 is 14.6 Å². The number of benzene rings is 1. The lowest BCUT2D eigenvalue weighted by Crippen LogP contribution is -2.27. The first-order valence-corrected chi connectivity index (χ1v) is 7.84. The van der Waals surface area contributed by atoms with Crippen molar-refractivity contribution in [1.82, 2.24) is 5.32 Å². The molecule has 0 saturated carbocycles. The molecule has 0 fully saturated rings. The van der Waals surface area contributed by atoms with Gasteiger partial charge in [-0.2, -0.15) is 0 Å². The molecule has 0 aliphatic carbocycles. The second-order valence-electron chi connectivity index (χ2n) is 5.30. The molecule has 1 aromatic rings. The summed E-state index contributed by atoms with van der Waals surface area (Å²) in [4.78, 5) is 10.9. The molecule has 21 heavy (non-hydrogen) atoms. The first-order chi connectivity index (χ1) is 10.2. The Hall–Kier alpha value is -1.55. The van der Waals surface area contributed by atoms with Crippen molar-refractivity contribution >= 4 is 5.97 Å². The van der Waals surface area contributed by atoms with Gasteiger partial charge in [0.2, 0.25) is 0 Å². The molecule has 1 unspecified atom stereocenters. The van der Waals surface area contributed by atoms with Crippen LogP contribution in [0, 0.1) is 5.92 Å². The number of nitrogens with one attached hydrogen (secondary N) is 1. The van der Waals surface area contributed by atoms with E-state index >= 15 is 0 Å². The molecular formula is C17H27NO3. The lowest BCUT2D eigenvalue weighted by atomic mass is 9.99. The maximum absolute atomic E-state index is 10.9. The number of rotatable bonds is 11. The molecule has 1 atom stereocenters. The van der Waals surface area contributed by atoms with E-state index in [1.165, 1.54) is 25.7 Å². The minimum Gasteiger partial charge on any atom is -0.492 e. The highest BCUT2D eigenvalue weighted by atomic mass is 16.5. The van der Waals surface area contributed by atoms with Crippen LogP contribution in [0.2, 0.25) is 0 Å². The molecule has 0 aromatic heterocycles. The monoisotopic (exact) mass is 293 g/mol. The van der Waals surface area contributed by atoms with Crippen molar-refractivity contribution in [3.63, 3.8) is 0 Å². The van der Waals surface area contributed by atoms with E-state index in [-0.39, 0.29) is 5.56 Å². The van der Waals surface area contributed by atoms with Crippen LogP contribution in [-0.4, -0.2) is 30.8 Å². The van der Waals surface area contributed by atoms with Crippen LogP contribution in [0.25, 0.3) is 0 Å². The fourth-order valence-electron chi connectivity index (χ4n) is 2.21. The SMILES string of the molecule is CCCCC(CC)CNCCOc1cccc(C(=O)O)c1. The molecule has 0 aliphatic heterocycles. The summed E-state index contributed by atoms with van der Waals surface area (Å²) < 4.78 is 5.57. The van der Waals surface area contributed by atoms with Crippen molar-refractivity contribution in [3.05, 3.63) is 29.8 Å². The maximum atomic E-state index is 10.9. The summed E-state index contributed by atoms with van der Waals surface area (Å²) in [6, 6.07) is 6.60. The summed E-state index contributed by atoms with van der Waals surface area (Å²) in [5.74, 6) is 0.412. The zero-order chi connectivity index (χ0) is 15.5. The standard InChI is InChI=1S/C17H27NO3/c1-3-5-7-14(4-2)13-18-10-11-21-16-9-6-8-15(12-16)17(19)20/h6,8-9,12,14,18H,3-5,7,10-11,13H2,1-2H3,(H,19,20). The second-order valence-corrected chi connectivity index (χ2v) is 5.30. The third-order valence-electron chi connectivity index (χ3n) is 3.60. The predicted octanol–water partition coefficient (Wildman–Crippen LogP) is 3.57. The van der Waals surface area contributed by atoms with Gasteiger partial charge in [-0.15, -0.1) is 0 Å². The number of carboxylic acid groups (broad SMARTS) is 1. The Morgan fingerprint density at radius 1 is 1.38 bits per heavy atom. The van der Waals surface area contributed by atoms with Gasteiger partial charge in [0.05, 0.1) is 5.56 Å². The fourth-order valence-corrected chi connectivity index (χ4v) is 2.21. The van der Waals surface area contributed by atoms with Crippen molar-refractivity contribution in [1.29, 1.82) is 0 Å². The molecule has 1 rings (SSSR count). The molecule has 4 heteroatoms. The highest BCUT2D eigenvalue weighted by molar-refractivity contribution is 5.87. The first-order valence-electron chi connectivity index (χ1n) is 7.84. The molecule has 0 amide bonds. The molecule has 118 valence electrons. The van der Waals surface area contributed by atoms with Gasteiger partial charge in [0, 0.05) is 6.54 Å². The van der Waals surface area contributed by atoms with E-state index in [2.05, 4.69) is 19.2 Å². The molecule has 0 bridgehead atoms. The van der Waals surface area contributed by atoms with Crippen LogP contribution in [0.5, 0.6) is 5.75 Å². The Bertz CT molecular complexity index is 420. The van der Waals surface area contributed by atoms with Gasteiger partial charge in [-0.25, -0.2) is 4.79 Å². The number of carboxylic acids is 1. The summed E-state index contributed by atoms with van der Waals surface area (Å²) in [5.41, 5.74) is 0.256. The molecule has 0 radical (unpaired) electrons. The van der Waals surface area contributed by atoms with Crippen molar-refractivity contribution in [2.75, 3.05) is 19.7 Å². The van der Waals surface area contributed by atoms with Gasteiger partial charge < -0.3 is 15.2 Å². The summed E-state index contributed by atoms with van der Waals surface area (Å²) in [6.07, 6.45) is 5.02. The number of ether oxygens (including phenoxy) is 1. The van der Waals surface area contributed by atoms with E-state index in [0.717, 1.165) is 19.0 Å². The van der Waals surface area contributed by atoms with Gasteiger partial charge in [0.15, 0.2) is 0 Å². The van der Waals surface area contributed by atoms with E-state index < -0.39 is 5.97 Å². The zero-order valence-electron chi connectivity index (χ0n) is 13.1. The van der Waals surface area contributed by atoms with Crippen molar-refractivity contribution in [2.45, 2.75) is 39.5 Å². The zero-order valence-corrected chi connectivity index (χ0v) is 13.1. The normalized spacial score (nSPS) is 12.1. The summed E-state index contributed by atoms with van der Waals surface area (Å²) in [7, 11) is 0. The lowest BCUT2D eigenvalue weighted by Gasteiger charge is -2.15. The fraction of sp³-hybridized carbons (Fsp3) is 0.588. The first kappa shape index (κ1) is 17.5. The number of carbonyl (C=O) groups is 1. The Kier molecular flexibility index (Phi) is 8.51. The summed E-state index contributed by atoms with van der Waals surface area (Å²) >= 11 is 0. The molecule has 1 aromatic carbocycles. The van der Waals surface area contributed by atoms with Gasteiger partial charge in [-0.3, -0.25) is 0 Å². The van der Waals surface area contributed by atoms with Crippen LogP contribution in [0.4, 0.5) is 0 Å². The number of hydrogen-bond acceptors (Lipinski definition) is 3. The van der Waals surface area contributed by atoms with E-state index in [9.17, 15) is 4.79 Å². The Morgan fingerprint density at radius 3 is 2.86 bits per heavy atom. The number of hydrogen-bond donors (Lipinski definition) is 2. The van der Waals surface area contributed by atoms with Gasteiger partial charge in [0.25, 0.3) is 0 Å². The van der Waals surface area contributed by atoms with Crippen LogP contribution >= 0.6 is 0 Å². The molecule has 0 aliphatic rings. The van der Waals surface area contributed by atoms with E-state index in [1.54, 1.807) is 24.3 Å². The minimum absolute atomic E-state index is 0.256. The number of unbranched alkanes of at least 4 members (excludes halogenated alkanes) is 1. The topological polar surface area (TPSA) is 58.6 Å². The quantitative estimate of drug-likeness (QED) is 0.612. The van der Waals surface area contributed by atoms with E-state index in [0.29, 0.717) is 12.4 Å². The highest BCUT2D eigenvalue weighted by Crippen LogP contribution is 2.13. The molecule has 0 saturated heterocycles. The molecule has 2 N–H and O–H groups in total. The maximum Gasteiger partial charge on any atom is 0.335 e. The Balaban J connectivity index is 2.21. The van der Waals surface area contributed by atoms with E-state index in [4.69, 9.17) is 9.84 Å². The van der Waals surface area contributed by atoms with Crippen LogP contribution in [0.1, 0.15) is 49.9 Å². The van der Waals surface area contributed by atoms with Gasteiger partial charge in [0.1, 0.15) is 12.4 Å². The summed E-state index contributed by atoms with van der Waals surface area (Å²) in [6.45, 7) is 6.80. The smallest absolute Gasteiger partial charge is 0.335 e. The Morgan fingerprint density at radius 2 is 2.19 bits per heavy atom. The highest BCUT2D eigenvalue weighted by Gasteiger charge is 2.05. The van der Waals surface area contributed by atoms with Crippen LogP contribution in [0.3, 0.4) is 0 Å². The van der Waals surface area contributed by atoms with Gasteiger partial charge in [-0.1, -0.05) is 39.2 Å². The largest absolute Gasteiger partial charge is 0.492 e. The van der Waals surface area contributed by atoms with Crippen LogP contribution in [0.15, 0.2) is 24.3 Å². The van der Waals surface area contributed by atoms with Crippen LogP contribution < -0.4 is 10.1 Å². The lowest BCUT2D eigenvalue weighted by molar-refractivity contribution is 0.0696. The molecular weight excluding hydrogens is 266 g/mol. The number of aromatic carboxylic acids is 1. The average molecular weight is 293 g/mol. The molecule has 4 nitrogen and oxygen atoms in total. The third kappa shape index (κ3) is 7.14. The Labute approximate surface area is 127 Å². The van der Waals surface area contributed by atoms with Crippen molar-refractivity contribution in [2.24, 2.45) is 5.92 Å². The summed E-state index contributed by atoms with van der Waals surface area (Å²) in [5, 5.41) is 12.3.